The summed E-state index contributed by atoms with van der Waals surface area (Å²) in [7, 11) is 5.96. The Labute approximate surface area is 499 Å². The van der Waals surface area contributed by atoms with Gasteiger partial charge in [0.15, 0.2) is 6.10 Å². The zero-order valence-electron chi connectivity index (χ0n) is 53.2. The first kappa shape index (κ1) is 77.2. The fourth-order valence-corrected chi connectivity index (χ4v) is 9.27. The minimum absolute atomic E-state index is 0.175. The van der Waals surface area contributed by atoms with Crippen molar-refractivity contribution in [3.8, 4) is 0 Å². The van der Waals surface area contributed by atoms with Gasteiger partial charge in [-0.2, -0.15) is 0 Å². The number of allylic oxidation sites excluding steroid dienone is 16. The van der Waals surface area contributed by atoms with Crippen molar-refractivity contribution >= 4 is 17.9 Å². The Morgan fingerprint density at radius 3 is 1.05 bits per heavy atom. The van der Waals surface area contributed by atoms with Crippen LogP contribution in [0.5, 0.6) is 0 Å². The fourth-order valence-electron chi connectivity index (χ4n) is 9.27. The van der Waals surface area contributed by atoms with Crippen molar-refractivity contribution in [1.82, 2.24) is 0 Å². The summed E-state index contributed by atoms with van der Waals surface area (Å²) >= 11 is 0. The Balaban J connectivity index is 4.22. The molecule has 9 heteroatoms. The summed E-state index contributed by atoms with van der Waals surface area (Å²) in [5.41, 5.74) is 0. The third-order valence-electron chi connectivity index (χ3n) is 14.4. The first-order valence-corrected chi connectivity index (χ1v) is 33.4. The molecule has 0 saturated heterocycles. The van der Waals surface area contributed by atoms with Crippen LogP contribution in [-0.4, -0.2) is 87.4 Å². The molecule has 0 rings (SSSR count). The molecule has 0 aliphatic rings. The SMILES string of the molecule is CC/C=C\C/C=C\C/C=C\C/C=C\C/C=C\C/C=C\C/C=C\C/C=C\CCCCC(=O)OC(COC(=O)CCCCCCCCCCCCCCCCCCCCCCCCCCCCCCC)COC(OCC[N+](C)(C)C)C(=O)O. The van der Waals surface area contributed by atoms with Crippen LogP contribution >= 0.6 is 0 Å². The second kappa shape index (κ2) is 62.3. The van der Waals surface area contributed by atoms with Crippen LogP contribution in [0.15, 0.2) is 97.2 Å². The summed E-state index contributed by atoms with van der Waals surface area (Å²) < 4.78 is 22.9. The maximum atomic E-state index is 12.9. The predicted molar refractivity (Wildman–Crippen MR) is 345 cm³/mol. The molecule has 0 aliphatic heterocycles. The lowest BCUT2D eigenvalue weighted by molar-refractivity contribution is -0.870. The van der Waals surface area contributed by atoms with Crippen LogP contribution in [0, 0.1) is 0 Å². The van der Waals surface area contributed by atoms with E-state index in [1.54, 1.807) is 0 Å². The summed E-state index contributed by atoms with van der Waals surface area (Å²) in [5, 5.41) is 9.73. The monoisotopic (exact) mass is 1130 g/mol. The average molecular weight is 1130 g/mol. The molecule has 2 unspecified atom stereocenters. The highest BCUT2D eigenvalue weighted by Gasteiger charge is 2.25. The molecule has 81 heavy (non-hydrogen) atoms. The molecule has 2 atom stereocenters. The number of carbonyl (C=O) groups is 3. The molecular formula is C72H126NO8+. The van der Waals surface area contributed by atoms with E-state index in [0.717, 1.165) is 83.5 Å². The fraction of sp³-hybridized carbons (Fsp3) is 0.736. The van der Waals surface area contributed by atoms with Crippen LogP contribution in [0.25, 0.3) is 0 Å². The van der Waals surface area contributed by atoms with E-state index < -0.39 is 24.3 Å². The van der Waals surface area contributed by atoms with Gasteiger partial charge in [-0.1, -0.05) is 291 Å². The van der Waals surface area contributed by atoms with E-state index >= 15 is 0 Å². The maximum Gasteiger partial charge on any atom is 0.361 e. The number of unbranched alkanes of at least 4 members (excludes halogenated alkanes) is 30. The number of rotatable bonds is 61. The number of nitrogens with zero attached hydrogens (tertiary/aromatic N) is 1. The summed E-state index contributed by atoms with van der Waals surface area (Å²) in [6.07, 6.45) is 82.4. The third-order valence-corrected chi connectivity index (χ3v) is 14.4. The normalized spacial score (nSPS) is 13.3. The minimum atomic E-state index is -1.53. The molecule has 0 aromatic carbocycles. The molecule has 0 heterocycles. The molecular weight excluding hydrogens is 1010 g/mol. The number of hydrogen-bond donors (Lipinski definition) is 1. The van der Waals surface area contributed by atoms with Gasteiger partial charge in [-0.25, -0.2) is 4.79 Å². The van der Waals surface area contributed by atoms with Crippen molar-refractivity contribution in [2.75, 3.05) is 47.5 Å². The van der Waals surface area contributed by atoms with Gasteiger partial charge in [0.2, 0.25) is 0 Å². The van der Waals surface area contributed by atoms with Gasteiger partial charge in [-0.3, -0.25) is 9.59 Å². The number of ether oxygens (including phenoxy) is 4. The summed E-state index contributed by atoms with van der Waals surface area (Å²) in [6.45, 7) is 4.74. The van der Waals surface area contributed by atoms with Crippen molar-refractivity contribution < 1.29 is 42.9 Å². The van der Waals surface area contributed by atoms with Crippen molar-refractivity contribution in [3.63, 3.8) is 0 Å². The van der Waals surface area contributed by atoms with Crippen molar-refractivity contribution in [1.29, 1.82) is 0 Å². The van der Waals surface area contributed by atoms with Gasteiger partial charge in [0, 0.05) is 12.8 Å². The molecule has 0 bridgehead atoms. The van der Waals surface area contributed by atoms with Crippen molar-refractivity contribution in [2.24, 2.45) is 0 Å². The van der Waals surface area contributed by atoms with E-state index in [1.165, 1.54) is 167 Å². The predicted octanol–water partition coefficient (Wildman–Crippen LogP) is 20.5. The molecule has 0 radical (unpaired) electrons. The van der Waals surface area contributed by atoms with Gasteiger partial charge >= 0.3 is 17.9 Å². The van der Waals surface area contributed by atoms with Crippen LogP contribution in [0.2, 0.25) is 0 Å². The topological polar surface area (TPSA) is 108 Å². The van der Waals surface area contributed by atoms with Gasteiger partial charge in [-0.15, -0.1) is 0 Å². The van der Waals surface area contributed by atoms with Crippen LogP contribution < -0.4 is 0 Å². The highest BCUT2D eigenvalue weighted by atomic mass is 16.7. The van der Waals surface area contributed by atoms with Crippen molar-refractivity contribution in [3.05, 3.63) is 97.2 Å². The number of hydrogen-bond acceptors (Lipinski definition) is 7. The van der Waals surface area contributed by atoms with E-state index in [0.29, 0.717) is 23.9 Å². The lowest BCUT2D eigenvalue weighted by atomic mass is 10.0. The molecule has 0 aliphatic carbocycles. The van der Waals surface area contributed by atoms with E-state index in [-0.39, 0.29) is 32.2 Å². The van der Waals surface area contributed by atoms with Crippen LogP contribution in [-0.2, 0) is 33.3 Å². The summed E-state index contributed by atoms with van der Waals surface area (Å²) in [6, 6.07) is 0. The van der Waals surface area contributed by atoms with E-state index in [2.05, 4.69) is 111 Å². The van der Waals surface area contributed by atoms with E-state index in [1.807, 2.05) is 21.1 Å². The standard InChI is InChI=1S/C72H125NO8/c1-6-8-10-12-14-16-18-20-22-24-26-28-30-32-34-35-37-38-40-42-44-46-48-50-52-54-56-58-60-62-69(74)79-66-68(67-80-72(71(76)77)78-65-64-73(3,4)5)81-70(75)63-61-59-57-55-53-51-49-47-45-43-41-39-36-33-31-29-27-25-23-21-19-17-15-13-11-9-7-2/h9,11,15,17,21,23,27,29,33,36,41,43,47,49,53,55,68,72H,6-8,10,12-14,16,18-20,22,24-26,28,30-32,34-35,37-40,42,44-46,48,50-52,54,56-67H2,1-5H3/p+1/b11-9-,17-15-,23-21-,29-27-,36-33-,43-41-,49-47-,55-53-. The quantitative estimate of drug-likeness (QED) is 0.0211. The third kappa shape index (κ3) is 63.6. The van der Waals surface area contributed by atoms with Crippen LogP contribution in [0.3, 0.4) is 0 Å². The van der Waals surface area contributed by atoms with E-state index in [9.17, 15) is 19.5 Å². The van der Waals surface area contributed by atoms with E-state index in [4.69, 9.17) is 18.9 Å². The number of esters is 2. The number of carboxylic acid groups (broad SMARTS) is 1. The number of likely N-dealkylation sites (N-methyl/N-ethyl adjacent to an activating group) is 1. The summed E-state index contributed by atoms with van der Waals surface area (Å²) in [5.74, 6) is -2.06. The smallest absolute Gasteiger partial charge is 0.361 e. The molecule has 0 fully saturated rings. The molecule has 466 valence electrons. The minimum Gasteiger partial charge on any atom is -0.477 e. The molecule has 0 aromatic rings. The second-order valence-electron chi connectivity index (χ2n) is 23.4. The first-order valence-electron chi connectivity index (χ1n) is 33.4. The first-order chi connectivity index (χ1) is 39.6. The molecule has 9 nitrogen and oxygen atoms in total. The van der Waals surface area contributed by atoms with Crippen LogP contribution in [0.1, 0.15) is 284 Å². The Morgan fingerprint density at radius 2 is 0.704 bits per heavy atom. The van der Waals surface area contributed by atoms with Gasteiger partial charge in [-0.05, 0) is 77.0 Å². The Bertz CT molecular complexity index is 1650. The molecule has 1 N–H and O–H groups in total. The summed E-state index contributed by atoms with van der Waals surface area (Å²) in [4.78, 5) is 37.5. The highest BCUT2D eigenvalue weighted by molar-refractivity contribution is 5.71. The molecule has 0 amide bonds. The lowest BCUT2D eigenvalue weighted by Gasteiger charge is -2.25. The molecule has 0 spiro atoms. The van der Waals surface area contributed by atoms with Crippen molar-refractivity contribution in [2.45, 2.75) is 296 Å². The molecule has 0 aromatic heterocycles. The number of carbonyl (C=O) groups excluding carboxylic acids is 2. The molecule has 0 saturated carbocycles. The maximum absolute atomic E-state index is 12.9. The number of quaternary nitrogens is 1. The Hall–Kier alpha value is -3.79. The zero-order valence-corrected chi connectivity index (χ0v) is 53.2. The van der Waals surface area contributed by atoms with Gasteiger partial charge in [0.1, 0.15) is 13.2 Å². The second-order valence-corrected chi connectivity index (χ2v) is 23.4. The van der Waals surface area contributed by atoms with Gasteiger partial charge in [0.05, 0.1) is 34.4 Å². The van der Waals surface area contributed by atoms with Crippen LogP contribution in [0.4, 0.5) is 0 Å². The Morgan fingerprint density at radius 1 is 0.383 bits per heavy atom. The average Bonchev–Trinajstić information content (AvgIpc) is 3.44. The largest absolute Gasteiger partial charge is 0.477 e. The lowest BCUT2D eigenvalue weighted by Crippen LogP contribution is -2.40. The zero-order chi connectivity index (χ0) is 59.1. The van der Waals surface area contributed by atoms with Gasteiger partial charge in [0.25, 0.3) is 6.29 Å². The number of aliphatic carboxylic acids is 1. The number of carboxylic acids is 1. The highest BCUT2D eigenvalue weighted by Crippen LogP contribution is 2.17. The van der Waals surface area contributed by atoms with Gasteiger partial charge < -0.3 is 28.5 Å². The Kier molecular flexibility index (Phi) is 59.3.